The van der Waals surface area contributed by atoms with Crippen LogP contribution in [0, 0.1) is 6.92 Å². The summed E-state index contributed by atoms with van der Waals surface area (Å²) < 4.78 is 15.8. The molecule has 0 bridgehead atoms. The SMILES string of the molecule is COC[C@H](C)NC(=S)NNC(=O)c1oc2ccc(OC)cc2c1C. The fourth-order valence-corrected chi connectivity index (χ4v) is 2.52. The molecule has 0 aliphatic rings. The molecule has 0 radical (unpaired) electrons. The first-order chi connectivity index (χ1) is 11.5. The maximum atomic E-state index is 12.3. The fraction of sp³-hybridized carbons (Fsp3) is 0.375. The zero-order chi connectivity index (χ0) is 17.7. The van der Waals surface area contributed by atoms with Crippen LogP contribution < -0.4 is 20.9 Å². The summed E-state index contributed by atoms with van der Waals surface area (Å²) in [5.41, 5.74) is 6.51. The molecular formula is C16H21N3O4S. The topological polar surface area (TPSA) is 84.8 Å². The predicted molar refractivity (Wildman–Crippen MR) is 95.2 cm³/mol. The molecule has 0 saturated carbocycles. The summed E-state index contributed by atoms with van der Waals surface area (Å²) >= 11 is 5.10. The molecule has 0 saturated heterocycles. The Labute approximate surface area is 145 Å². The molecule has 1 aromatic carbocycles. The number of fused-ring (bicyclic) bond motifs is 1. The van der Waals surface area contributed by atoms with Gasteiger partial charge in [-0.25, -0.2) is 0 Å². The Balaban J connectivity index is 2.03. The number of hydrogen-bond donors (Lipinski definition) is 3. The van der Waals surface area contributed by atoms with Crippen LogP contribution in [-0.2, 0) is 4.74 Å². The molecule has 0 aliphatic heterocycles. The van der Waals surface area contributed by atoms with Crippen LogP contribution in [0.3, 0.4) is 0 Å². The molecule has 1 heterocycles. The third-order valence-corrected chi connectivity index (χ3v) is 3.65. The van der Waals surface area contributed by atoms with Crippen LogP contribution in [0.15, 0.2) is 22.6 Å². The number of furan rings is 1. The van der Waals surface area contributed by atoms with E-state index in [2.05, 4.69) is 16.2 Å². The highest BCUT2D eigenvalue weighted by atomic mass is 32.1. The van der Waals surface area contributed by atoms with Crippen molar-refractivity contribution < 1.29 is 18.7 Å². The number of carbonyl (C=O) groups is 1. The summed E-state index contributed by atoms with van der Waals surface area (Å²) in [6.45, 7) is 4.23. The van der Waals surface area contributed by atoms with Crippen LogP contribution in [-0.4, -0.2) is 37.9 Å². The van der Waals surface area contributed by atoms with Gasteiger partial charge in [-0.1, -0.05) is 0 Å². The van der Waals surface area contributed by atoms with Gasteiger partial charge in [-0.05, 0) is 44.3 Å². The molecule has 0 spiro atoms. The Kier molecular flexibility index (Phi) is 5.99. The van der Waals surface area contributed by atoms with Crippen molar-refractivity contribution in [1.82, 2.24) is 16.2 Å². The summed E-state index contributed by atoms with van der Waals surface area (Å²) in [5, 5.41) is 4.10. The number of ether oxygens (including phenoxy) is 2. The molecule has 3 N–H and O–H groups in total. The van der Waals surface area contributed by atoms with Gasteiger partial charge in [0.2, 0.25) is 0 Å². The maximum Gasteiger partial charge on any atom is 0.305 e. The number of hydrogen-bond acceptors (Lipinski definition) is 5. The van der Waals surface area contributed by atoms with Crippen molar-refractivity contribution >= 4 is 34.2 Å². The van der Waals surface area contributed by atoms with Crippen molar-refractivity contribution in [3.8, 4) is 5.75 Å². The number of thiocarbonyl (C=S) groups is 1. The van der Waals surface area contributed by atoms with E-state index in [0.717, 1.165) is 10.9 Å². The van der Waals surface area contributed by atoms with Crippen molar-refractivity contribution in [1.29, 1.82) is 0 Å². The van der Waals surface area contributed by atoms with Crippen molar-refractivity contribution in [3.63, 3.8) is 0 Å². The van der Waals surface area contributed by atoms with Crippen LogP contribution in [0.2, 0.25) is 0 Å². The predicted octanol–water partition coefficient (Wildman–Crippen LogP) is 1.89. The highest BCUT2D eigenvalue weighted by molar-refractivity contribution is 7.80. The van der Waals surface area contributed by atoms with Gasteiger partial charge in [0.15, 0.2) is 10.9 Å². The minimum atomic E-state index is -0.411. The Hall–Kier alpha value is -2.32. The third kappa shape index (κ3) is 4.15. The molecule has 24 heavy (non-hydrogen) atoms. The number of benzene rings is 1. The number of hydrazine groups is 1. The van der Waals surface area contributed by atoms with Gasteiger partial charge in [0, 0.05) is 24.1 Å². The monoisotopic (exact) mass is 351 g/mol. The molecule has 1 atom stereocenters. The molecule has 0 unspecified atom stereocenters. The smallest absolute Gasteiger partial charge is 0.305 e. The lowest BCUT2D eigenvalue weighted by Crippen LogP contribution is -2.50. The summed E-state index contributed by atoms with van der Waals surface area (Å²) in [5.74, 6) is 0.513. The average Bonchev–Trinajstić information content (AvgIpc) is 2.89. The first kappa shape index (κ1) is 18.0. The van der Waals surface area contributed by atoms with Gasteiger partial charge < -0.3 is 19.2 Å². The molecule has 2 aromatic rings. The Bertz CT molecular complexity index is 744. The van der Waals surface area contributed by atoms with Gasteiger partial charge in [-0.3, -0.25) is 15.6 Å². The lowest BCUT2D eigenvalue weighted by molar-refractivity contribution is 0.0916. The first-order valence-electron chi connectivity index (χ1n) is 7.39. The van der Waals surface area contributed by atoms with E-state index in [9.17, 15) is 4.79 Å². The molecule has 1 amide bonds. The van der Waals surface area contributed by atoms with Crippen molar-refractivity contribution in [2.45, 2.75) is 19.9 Å². The zero-order valence-electron chi connectivity index (χ0n) is 14.1. The molecule has 7 nitrogen and oxygen atoms in total. The third-order valence-electron chi connectivity index (χ3n) is 3.43. The standard InChI is InChI=1S/C16H21N3O4S/c1-9(8-21-3)17-16(24)19-18-15(20)14-10(2)12-7-11(22-4)5-6-13(12)23-14/h5-7,9H,8H2,1-4H3,(H,18,20)(H2,17,19,24)/t9-/m0/s1. The van der Waals surface area contributed by atoms with E-state index in [-0.39, 0.29) is 11.8 Å². The van der Waals surface area contributed by atoms with E-state index in [1.54, 1.807) is 26.4 Å². The van der Waals surface area contributed by atoms with Gasteiger partial charge in [0.05, 0.1) is 13.7 Å². The largest absolute Gasteiger partial charge is 0.497 e. The van der Waals surface area contributed by atoms with Crippen molar-refractivity contribution in [3.05, 3.63) is 29.5 Å². The van der Waals surface area contributed by atoms with Crippen molar-refractivity contribution in [2.75, 3.05) is 20.8 Å². The number of amides is 1. The Morgan fingerprint density at radius 3 is 2.75 bits per heavy atom. The first-order valence-corrected chi connectivity index (χ1v) is 7.80. The average molecular weight is 351 g/mol. The van der Waals surface area contributed by atoms with E-state index in [1.165, 1.54) is 0 Å². The van der Waals surface area contributed by atoms with Gasteiger partial charge >= 0.3 is 5.91 Å². The maximum absolute atomic E-state index is 12.3. The lowest BCUT2D eigenvalue weighted by Gasteiger charge is -2.16. The number of aryl methyl sites for hydroxylation is 1. The van der Waals surface area contributed by atoms with E-state index in [4.69, 9.17) is 26.1 Å². The molecule has 8 heteroatoms. The zero-order valence-corrected chi connectivity index (χ0v) is 14.9. The van der Waals surface area contributed by atoms with Gasteiger partial charge in [0.25, 0.3) is 0 Å². The van der Waals surface area contributed by atoms with Crippen LogP contribution in [0.5, 0.6) is 5.75 Å². The van der Waals surface area contributed by atoms with Crippen LogP contribution >= 0.6 is 12.2 Å². The molecular weight excluding hydrogens is 330 g/mol. The summed E-state index contributed by atoms with van der Waals surface area (Å²) in [7, 11) is 3.20. The highest BCUT2D eigenvalue weighted by Crippen LogP contribution is 2.28. The minimum Gasteiger partial charge on any atom is -0.497 e. The Morgan fingerprint density at radius 2 is 2.08 bits per heavy atom. The molecule has 130 valence electrons. The second-order valence-electron chi connectivity index (χ2n) is 5.33. The van der Waals surface area contributed by atoms with E-state index in [1.807, 2.05) is 19.9 Å². The fourth-order valence-electron chi connectivity index (χ4n) is 2.27. The highest BCUT2D eigenvalue weighted by Gasteiger charge is 2.18. The summed E-state index contributed by atoms with van der Waals surface area (Å²) in [6, 6.07) is 5.40. The van der Waals surface area contributed by atoms with Crippen LogP contribution in [0.4, 0.5) is 0 Å². The molecule has 2 rings (SSSR count). The Morgan fingerprint density at radius 1 is 1.33 bits per heavy atom. The normalized spacial score (nSPS) is 11.8. The molecule has 0 aliphatic carbocycles. The molecule has 0 fully saturated rings. The van der Waals surface area contributed by atoms with Crippen molar-refractivity contribution in [2.24, 2.45) is 0 Å². The number of rotatable bonds is 5. The lowest BCUT2D eigenvalue weighted by atomic mass is 10.1. The second kappa shape index (κ2) is 7.98. The molecule has 1 aromatic heterocycles. The summed E-state index contributed by atoms with van der Waals surface area (Å²) in [6.07, 6.45) is 0. The van der Waals surface area contributed by atoms with E-state index in [0.29, 0.717) is 23.1 Å². The van der Waals surface area contributed by atoms with E-state index >= 15 is 0 Å². The van der Waals surface area contributed by atoms with E-state index < -0.39 is 5.91 Å². The van der Waals surface area contributed by atoms with Gasteiger partial charge in [-0.15, -0.1) is 0 Å². The van der Waals surface area contributed by atoms with Gasteiger partial charge in [0.1, 0.15) is 11.3 Å². The summed E-state index contributed by atoms with van der Waals surface area (Å²) in [4.78, 5) is 12.3. The number of methoxy groups -OCH3 is 2. The number of nitrogens with one attached hydrogen (secondary N) is 3. The minimum absolute atomic E-state index is 0.0207. The number of carbonyl (C=O) groups excluding carboxylic acids is 1. The van der Waals surface area contributed by atoms with Crippen LogP contribution in [0.1, 0.15) is 23.0 Å². The second-order valence-corrected chi connectivity index (χ2v) is 5.74. The van der Waals surface area contributed by atoms with Gasteiger partial charge in [-0.2, -0.15) is 0 Å². The quantitative estimate of drug-likeness (QED) is 0.560. The van der Waals surface area contributed by atoms with Crippen LogP contribution in [0.25, 0.3) is 11.0 Å².